The maximum Gasteiger partial charge on any atom is 0.319 e. The molecule has 5 nitrogen and oxygen atoms in total. The summed E-state index contributed by atoms with van der Waals surface area (Å²) in [4.78, 5) is 11.1. The summed E-state index contributed by atoms with van der Waals surface area (Å²) >= 11 is 0. The van der Waals surface area contributed by atoms with E-state index in [9.17, 15) is 4.79 Å². The Hall–Kier alpha value is -1.33. The van der Waals surface area contributed by atoms with E-state index >= 15 is 0 Å². The molecule has 5 heteroatoms. The summed E-state index contributed by atoms with van der Waals surface area (Å²) in [5, 5.41) is 5.27. The molecule has 1 aliphatic rings. The normalized spacial score (nSPS) is 25.2. The molecule has 90 valence electrons. The SMILES string of the molecule is C/C=C/CO[C@@H]1NC(=O)N[C@H]1OC/C=C/C. The van der Waals surface area contributed by atoms with E-state index in [1.54, 1.807) is 0 Å². The van der Waals surface area contributed by atoms with Crippen LogP contribution in [0.4, 0.5) is 4.79 Å². The van der Waals surface area contributed by atoms with Crippen LogP contribution in [0, 0.1) is 0 Å². The predicted octanol–water partition coefficient (Wildman–Crippen LogP) is 1.14. The average molecular weight is 226 g/mol. The molecular formula is C11H18N2O3. The largest absolute Gasteiger partial charge is 0.350 e. The first-order chi connectivity index (χ1) is 7.77. The highest BCUT2D eigenvalue weighted by Crippen LogP contribution is 2.05. The first-order valence-corrected chi connectivity index (χ1v) is 5.30. The van der Waals surface area contributed by atoms with Gasteiger partial charge in [0.2, 0.25) is 0 Å². The minimum atomic E-state index is -0.436. The van der Waals surface area contributed by atoms with Crippen molar-refractivity contribution in [3.05, 3.63) is 24.3 Å². The van der Waals surface area contributed by atoms with E-state index in [2.05, 4.69) is 10.6 Å². The second-order valence-electron chi connectivity index (χ2n) is 3.26. The highest BCUT2D eigenvalue weighted by molar-refractivity contribution is 5.76. The van der Waals surface area contributed by atoms with E-state index in [0.29, 0.717) is 13.2 Å². The molecule has 0 spiro atoms. The zero-order valence-corrected chi connectivity index (χ0v) is 9.60. The summed E-state index contributed by atoms with van der Waals surface area (Å²) in [7, 11) is 0. The molecule has 0 aliphatic carbocycles. The number of hydrogen-bond donors (Lipinski definition) is 2. The Morgan fingerprint density at radius 1 is 1.06 bits per heavy atom. The number of hydrogen-bond acceptors (Lipinski definition) is 3. The molecule has 1 fully saturated rings. The Morgan fingerprint density at radius 3 is 1.88 bits per heavy atom. The van der Waals surface area contributed by atoms with Crippen molar-refractivity contribution in [2.24, 2.45) is 0 Å². The Bertz CT molecular complexity index is 250. The number of nitrogens with one attached hydrogen (secondary N) is 2. The number of carbonyl (C=O) groups excluding carboxylic acids is 1. The van der Waals surface area contributed by atoms with Crippen LogP contribution in [0.5, 0.6) is 0 Å². The van der Waals surface area contributed by atoms with Crippen molar-refractivity contribution in [3.8, 4) is 0 Å². The first kappa shape index (κ1) is 12.7. The topological polar surface area (TPSA) is 59.6 Å². The van der Waals surface area contributed by atoms with Crippen LogP contribution in [0.2, 0.25) is 0 Å². The van der Waals surface area contributed by atoms with E-state index in [-0.39, 0.29) is 6.03 Å². The van der Waals surface area contributed by atoms with Gasteiger partial charge in [-0.2, -0.15) is 0 Å². The second-order valence-corrected chi connectivity index (χ2v) is 3.26. The Morgan fingerprint density at radius 2 is 1.50 bits per heavy atom. The lowest BCUT2D eigenvalue weighted by Crippen LogP contribution is -2.38. The van der Waals surface area contributed by atoms with Gasteiger partial charge in [0.05, 0.1) is 13.2 Å². The molecule has 1 aliphatic heterocycles. The standard InChI is InChI=1S/C11H18N2O3/c1-3-5-7-15-9-10(13-11(14)12-9)16-8-6-4-2/h3-6,9-10H,7-8H2,1-2H3,(H2,12,13,14)/b5-3+,6-4+/t9-,10-/m0/s1. The Kier molecular flexibility index (Phi) is 5.60. The van der Waals surface area contributed by atoms with Gasteiger partial charge in [0.1, 0.15) is 0 Å². The van der Waals surface area contributed by atoms with Gasteiger partial charge >= 0.3 is 6.03 Å². The average Bonchev–Trinajstić information content (AvgIpc) is 2.60. The third-order valence-electron chi connectivity index (χ3n) is 2.04. The monoisotopic (exact) mass is 226 g/mol. The van der Waals surface area contributed by atoms with E-state index in [1.807, 2.05) is 38.2 Å². The summed E-state index contributed by atoms with van der Waals surface area (Å²) in [5.41, 5.74) is 0. The van der Waals surface area contributed by atoms with Crippen molar-refractivity contribution < 1.29 is 14.3 Å². The molecule has 1 saturated heterocycles. The van der Waals surface area contributed by atoms with E-state index in [1.165, 1.54) is 0 Å². The minimum absolute atomic E-state index is 0.268. The maximum absolute atomic E-state index is 11.1. The van der Waals surface area contributed by atoms with Crippen LogP contribution in [-0.2, 0) is 9.47 Å². The van der Waals surface area contributed by atoms with Gasteiger partial charge < -0.3 is 20.1 Å². The van der Waals surface area contributed by atoms with Crippen molar-refractivity contribution in [3.63, 3.8) is 0 Å². The molecule has 1 heterocycles. The van der Waals surface area contributed by atoms with Gasteiger partial charge in [-0.1, -0.05) is 24.3 Å². The zero-order valence-electron chi connectivity index (χ0n) is 9.60. The van der Waals surface area contributed by atoms with E-state index in [4.69, 9.17) is 9.47 Å². The van der Waals surface area contributed by atoms with Crippen LogP contribution in [0.25, 0.3) is 0 Å². The smallest absolute Gasteiger partial charge is 0.319 e. The Balaban J connectivity index is 2.36. The highest BCUT2D eigenvalue weighted by Gasteiger charge is 2.32. The van der Waals surface area contributed by atoms with Gasteiger partial charge in [-0.05, 0) is 13.8 Å². The van der Waals surface area contributed by atoms with Crippen LogP contribution < -0.4 is 10.6 Å². The summed E-state index contributed by atoms with van der Waals surface area (Å²) in [6, 6.07) is -0.268. The summed E-state index contributed by atoms with van der Waals surface area (Å²) in [5.74, 6) is 0. The lowest BCUT2D eigenvalue weighted by molar-refractivity contribution is -0.0571. The molecule has 16 heavy (non-hydrogen) atoms. The summed E-state index contributed by atoms with van der Waals surface area (Å²) < 4.78 is 10.9. The zero-order chi connectivity index (χ0) is 11.8. The molecule has 0 saturated carbocycles. The van der Waals surface area contributed by atoms with Crippen LogP contribution in [0.3, 0.4) is 0 Å². The fraction of sp³-hybridized carbons (Fsp3) is 0.545. The molecule has 2 atom stereocenters. The molecule has 0 radical (unpaired) electrons. The lowest BCUT2D eigenvalue weighted by atomic mass is 10.5. The van der Waals surface area contributed by atoms with Crippen molar-refractivity contribution in [1.29, 1.82) is 0 Å². The molecule has 2 N–H and O–H groups in total. The fourth-order valence-corrected chi connectivity index (χ4v) is 1.22. The fourth-order valence-electron chi connectivity index (χ4n) is 1.22. The van der Waals surface area contributed by atoms with Crippen LogP contribution in [0.15, 0.2) is 24.3 Å². The third kappa shape index (κ3) is 4.04. The molecule has 0 bridgehead atoms. The molecule has 0 aromatic carbocycles. The van der Waals surface area contributed by atoms with Crippen molar-refractivity contribution >= 4 is 6.03 Å². The van der Waals surface area contributed by atoms with Crippen molar-refractivity contribution in [2.75, 3.05) is 13.2 Å². The summed E-state index contributed by atoms with van der Waals surface area (Å²) in [6.45, 7) is 4.73. The molecule has 1 rings (SSSR count). The van der Waals surface area contributed by atoms with Crippen molar-refractivity contribution in [2.45, 2.75) is 26.3 Å². The third-order valence-corrected chi connectivity index (χ3v) is 2.04. The van der Waals surface area contributed by atoms with Crippen molar-refractivity contribution in [1.82, 2.24) is 10.6 Å². The van der Waals surface area contributed by atoms with E-state index < -0.39 is 12.5 Å². The molecule has 2 amide bonds. The first-order valence-electron chi connectivity index (χ1n) is 5.30. The number of urea groups is 1. The van der Waals surface area contributed by atoms with Gasteiger partial charge in [0.15, 0.2) is 12.5 Å². The second kappa shape index (κ2) is 7.03. The molecule has 0 aromatic heterocycles. The molecule has 0 aromatic rings. The summed E-state index contributed by atoms with van der Waals surface area (Å²) in [6.07, 6.45) is 6.64. The van der Waals surface area contributed by atoms with Gasteiger partial charge in [0.25, 0.3) is 0 Å². The maximum atomic E-state index is 11.1. The highest BCUT2D eigenvalue weighted by atomic mass is 16.6. The number of rotatable bonds is 6. The predicted molar refractivity (Wildman–Crippen MR) is 60.8 cm³/mol. The molecule has 0 unspecified atom stereocenters. The van der Waals surface area contributed by atoms with Crippen LogP contribution in [-0.4, -0.2) is 31.7 Å². The van der Waals surface area contributed by atoms with Crippen LogP contribution >= 0.6 is 0 Å². The van der Waals surface area contributed by atoms with Gasteiger partial charge in [-0.15, -0.1) is 0 Å². The number of ether oxygens (including phenoxy) is 2. The van der Waals surface area contributed by atoms with Crippen LogP contribution in [0.1, 0.15) is 13.8 Å². The quantitative estimate of drug-likeness (QED) is 0.668. The molecular weight excluding hydrogens is 208 g/mol. The van der Waals surface area contributed by atoms with E-state index in [0.717, 1.165) is 0 Å². The van der Waals surface area contributed by atoms with Gasteiger partial charge in [0, 0.05) is 0 Å². The van der Waals surface area contributed by atoms with Gasteiger partial charge in [-0.3, -0.25) is 0 Å². The number of allylic oxidation sites excluding steroid dienone is 2. The lowest BCUT2D eigenvalue weighted by Gasteiger charge is -2.17. The van der Waals surface area contributed by atoms with Gasteiger partial charge in [-0.25, -0.2) is 4.79 Å². The number of carbonyl (C=O) groups is 1. The minimum Gasteiger partial charge on any atom is -0.350 e. The Labute approximate surface area is 95.5 Å². The number of amides is 2.